The first-order chi connectivity index (χ1) is 8.29. The van der Waals surface area contributed by atoms with Crippen LogP contribution in [0.1, 0.15) is 18.9 Å². The highest BCUT2D eigenvalue weighted by molar-refractivity contribution is 7.09. The number of hydrogen-bond acceptors (Lipinski definition) is 4. The van der Waals surface area contributed by atoms with Gasteiger partial charge in [-0.25, -0.2) is 0 Å². The average molecular weight is 247 g/mol. The molecule has 0 aliphatic carbocycles. The Morgan fingerprint density at radius 2 is 2.12 bits per heavy atom. The predicted molar refractivity (Wildman–Crippen MR) is 67.5 cm³/mol. The van der Waals surface area contributed by atoms with Crippen molar-refractivity contribution in [3.63, 3.8) is 0 Å². The number of nitrogens with zero attached hydrogens (tertiary/aromatic N) is 2. The Morgan fingerprint density at radius 1 is 1.35 bits per heavy atom. The van der Waals surface area contributed by atoms with Crippen LogP contribution in [0.2, 0.25) is 0 Å². The highest BCUT2D eigenvalue weighted by atomic mass is 32.1. The van der Waals surface area contributed by atoms with Gasteiger partial charge < -0.3 is 5.32 Å². The molecule has 2 rings (SSSR count). The van der Waals surface area contributed by atoms with Crippen LogP contribution in [0.4, 0.5) is 0 Å². The van der Waals surface area contributed by atoms with E-state index in [0.29, 0.717) is 13.0 Å². The summed E-state index contributed by atoms with van der Waals surface area (Å²) in [4.78, 5) is 12.2. The number of carbonyl (C=O) groups excluding carboxylic acids is 1. The van der Waals surface area contributed by atoms with Crippen molar-refractivity contribution in [3.8, 4) is 10.4 Å². The first kappa shape index (κ1) is 11.7. The standard InChI is InChI=1S/C12H13N3OS/c1-2-12(16)13-7-9-3-5-10(6-4-9)11-8-14-15-17-11/h3-6,8H,2,7H2,1H3,(H,13,16). The van der Waals surface area contributed by atoms with Crippen molar-refractivity contribution in [1.29, 1.82) is 0 Å². The van der Waals surface area contributed by atoms with Crippen LogP contribution in [0.25, 0.3) is 10.4 Å². The van der Waals surface area contributed by atoms with E-state index in [1.165, 1.54) is 11.5 Å². The zero-order valence-electron chi connectivity index (χ0n) is 9.51. The van der Waals surface area contributed by atoms with Crippen molar-refractivity contribution in [2.45, 2.75) is 19.9 Å². The number of aromatic nitrogens is 2. The van der Waals surface area contributed by atoms with Crippen molar-refractivity contribution in [2.24, 2.45) is 0 Å². The predicted octanol–water partition coefficient (Wildman–Crippen LogP) is 2.23. The highest BCUT2D eigenvalue weighted by Crippen LogP contribution is 2.21. The van der Waals surface area contributed by atoms with Crippen LogP contribution in [0.3, 0.4) is 0 Å². The molecule has 17 heavy (non-hydrogen) atoms. The number of rotatable bonds is 4. The van der Waals surface area contributed by atoms with Gasteiger partial charge in [0.2, 0.25) is 5.91 Å². The molecule has 5 heteroatoms. The van der Waals surface area contributed by atoms with Gasteiger partial charge in [-0.05, 0) is 22.7 Å². The van der Waals surface area contributed by atoms with Crippen molar-refractivity contribution in [2.75, 3.05) is 0 Å². The Hall–Kier alpha value is -1.75. The molecule has 0 saturated heterocycles. The van der Waals surface area contributed by atoms with Gasteiger partial charge >= 0.3 is 0 Å². The fourth-order valence-corrected chi connectivity index (χ4v) is 1.92. The fourth-order valence-electron chi connectivity index (χ4n) is 1.41. The summed E-state index contributed by atoms with van der Waals surface area (Å²) in [6.07, 6.45) is 2.27. The highest BCUT2D eigenvalue weighted by Gasteiger charge is 2.01. The minimum Gasteiger partial charge on any atom is -0.352 e. The van der Waals surface area contributed by atoms with Crippen molar-refractivity contribution in [3.05, 3.63) is 36.0 Å². The van der Waals surface area contributed by atoms with Crippen LogP contribution in [0, 0.1) is 0 Å². The van der Waals surface area contributed by atoms with E-state index < -0.39 is 0 Å². The average Bonchev–Trinajstić information content (AvgIpc) is 2.90. The van der Waals surface area contributed by atoms with Crippen LogP contribution >= 0.6 is 11.5 Å². The van der Waals surface area contributed by atoms with Gasteiger partial charge in [0.05, 0.1) is 11.1 Å². The number of hydrogen-bond donors (Lipinski definition) is 1. The molecule has 0 unspecified atom stereocenters. The molecular weight excluding hydrogens is 234 g/mol. The van der Waals surface area contributed by atoms with E-state index in [0.717, 1.165) is 16.0 Å². The van der Waals surface area contributed by atoms with E-state index in [9.17, 15) is 4.79 Å². The number of nitrogens with one attached hydrogen (secondary N) is 1. The summed E-state index contributed by atoms with van der Waals surface area (Å²) in [6.45, 7) is 2.42. The lowest BCUT2D eigenvalue weighted by atomic mass is 10.1. The second-order valence-corrected chi connectivity index (χ2v) is 4.39. The smallest absolute Gasteiger partial charge is 0.219 e. The maximum atomic E-state index is 11.1. The second-order valence-electron chi connectivity index (χ2n) is 3.61. The van der Waals surface area contributed by atoms with E-state index >= 15 is 0 Å². The van der Waals surface area contributed by atoms with E-state index in [4.69, 9.17) is 0 Å². The van der Waals surface area contributed by atoms with Crippen LogP contribution in [-0.4, -0.2) is 15.5 Å². The maximum absolute atomic E-state index is 11.1. The van der Waals surface area contributed by atoms with E-state index in [-0.39, 0.29) is 5.91 Å². The first-order valence-electron chi connectivity index (χ1n) is 5.43. The zero-order valence-corrected chi connectivity index (χ0v) is 10.3. The molecule has 2 aromatic rings. The van der Waals surface area contributed by atoms with Gasteiger partial charge in [-0.15, -0.1) is 5.10 Å². The monoisotopic (exact) mass is 247 g/mol. The van der Waals surface area contributed by atoms with E-state index in [1.54, 1.807) is 6.20 Å². The number of amides is 1. The first-order valence-corrected chi connectivity index (χ1v) is 6.20. The molecule has 0 spiro atoms. The third-order valence-corrected chi connectivity index (χ3v) is 3.12. The third kappa shape index (κ3) is 3.10. The van der Waals surface area contributed by atoms with Gasteiger partial charge in [-0.3, -0.25) is 4.79 Å². The lowest BCUT2D eigenvalue weighted by Gasteiger charge is -2.04. The number of carbonyl (C=O) groups is 1. The van der Waals surface area contributed by atoms with Gasteiger partial charge in [0.15, 0.2) is 0 Å². The van der Waals surface area contributed by atoms with E-state index in [2.05, 4.69) is 14.9 Å². The van der Waals surface area contributed by atoms with E-state index in [1.807, 2.05) is 31.2 Å². The SMILES string of the molecule is CCC(=O)NCc1ccc(-c2cnns2)cc1. The Bertz CT molecular complexity index is 479. The summed E-state index contributed by atoms with van der Waals surface area (Å²) >= 11 is 1.37. The molecule has 1 aromatic carbocycles. The Balaban J connectivity index is 2.01. The Kier molecular flexibility index (Phi) is 3.82. The third-order valence-electron chi connectivity index (χ3n) is 2.41. The van der Waals surface area contributed by atoms with Crippen LogP contribution < -0.4 is 5.32 Å². The molecule has 1 heterocycles. The quantitative estimate of drug-likeness (QED) is 0.901. The summed E-state index contributed by atoms with van der Waals surface area (Å²) in [7, 11) is 0. The van der Waals surface area contributed by atoms with Crippen molar-refractivity contribution in [1.82, 2.24) is 14.9 Å². The van der Waals surface area contributed by atoms with Crippen LogP contribution in [0.15, 0.2) is 30.5 Å². The summed E-state index contributed by atoms with van der Waals surface area (Å²) in [5.74, 6) is 0.0701. The molecule has 0 fully saturated rings. The Labute approximate surface area is 104 Å². The largest absolute Gasteiger partial charge is 0.352 e. The van der Waals surface area contributed by atoms with Gasteiger partial charge in [0.25, 0.3) is 0 Å². The molecule has 0 atom stereocenters. The summed E-state index contributed by atoms with van der Waals surface area (Å²) in [6, 6.07) is 8.04. The second kappa shape index (κ2) is 5.54. The van der Waals surface area contributed by atoms with Gasteiger partial charge in [-0.1, -0.05) is 35.7 Å². The topological polar surface area (TPSA) is 54.9 Å². The van der Waals surface area contributed by atoms with Crippen molar-refractivity contribution >= 4 is 17.4 Å². The summed E-state index contributed by atoms with van der Waals surface area (Å²) in [5.41, 5.74) is 2.19. The molecule has 0 saturated carbocycles. The van der Waals surface area contributed by atoms with Crippen LogP contribution in [0.5, 0.6) is 0 Å². The number of benzene rings is 1. The summed E-state index contributed by atoms with van der Waals surface area (Å²) < 4.78 is 3.83. The normalized spacial score (nSPS) is 10.2. The maximum Gasteiger partial charge on any atom is 0.219 e. The molecule has 0 aliphatic heterocycles. The minimum atomic E-state index is 0.0701. The fraction of sp³-hybridized carbons (Fsp3) is 0.250. The van der Waals surface area contributed by atoms with Crippen molar-refractivity contribution < 1.29 is 4.79 Å². The van der Waals surface area contributed by atoms with Crippen LogP contribution in [-0.2, 0) is 11.3 Å². The zero-order chi connectivity index (χ0) is 12.1. The molecule has 0 bridgehead atoms. The molecule has 1 amide bonds. The van der Waals surface area contributed by atoms with Gasteiger partial charge in [0.1, 0.15) is 0 Å². The molecule has 1 N–H and O–H groups in total. The molecule has 88 valence electrons. The molecule has 1 aromatic heterocycles. The van der Waals surface area contributed by atoms with Gasteiger partial charge in [0, 0.05) is 13.0 Å². The molecule has 4 nitrogen and oxygen atoms in total. The molecule has 0 aliphatic rings. The lowest BCUT2D eigenvalue weighted by molar-refractivity contribution is -0.120. The molecule has 0 radical (unpaired) electrons. The summed E-state index contributed by atoms with van der Waals surface area (Å²) in [5, 5.41) is 6.64. The molecular formula is C12H13N3OS. The lowest BCUT2D eigenvalue weighted by Crippen LogP contribution is -2.21. The Morgan fingerprint density at radius 3 is 2.71 bits per heavy atom. The minimum absolute atomic E-state index is 0.0701. The van der Waals surface area contributed by atoms with Gasteiger partial charge in [-0.2, -0.15) is 0 Å².